The van der Waals surface area contributed by atoms with Crippen molar-refractivity contribution in [1.82, 2.24) is 24.6 Å². The van der Waals surface area contributed by atoms with Gasteiger partial charge >= 0.3 is 0 Å². The molecule has 10 heteroatoms. The van der Waals surface area contributed by atoms with Gasteiger partial charge in [-0.25, -0.2) is 9.37 Å². The lowest BCUT2D eigenvalue weighted by molar-refractivity contribution is -0.121. The normalized spacial score (nSPS) is 21.0. The summed E-state index contributed by atoms with van der Waals surface area (Å²) in [7, 11) is 0. The molecule has 0 N–H and O–H groups in total. The second-order valence-corrected chi connectivity index (χ2v) is 9.25. The van der Waals surface area contributed by atoms with E-state index in [4.69, 9.17) is 9.26 Å². The van der Waals surface area contributed by atoms with E-state index < -0.39 is 11.9 Å². The number of halogens is 1. The molecular weight excluding hydrogens is 439 g/mol. The summed E-state index contributed by atoms with van der Waals surface area (Å²) in [6.45, 7) is 4.76. The van der Waals surface area contributed by atoms with Crippen LogP contribution in [0.25, 0.3) is 17.2 Å². The van der Waals surface area contributed by atoms with Gasteiger partial charge < -0.3 is 14.2 Å². The lowest BCUT2D eigenvalue weighted by Gasteiger charge is -2.38. The number of rotatable bonds is 4. The predicted octanol–water partition coefficient (Wildman–Crippen LogP) is 3.46. The molecule has 1 amide bonds. The largest absolute Gasteiger partial charge is 0.379 e. The zero-order chi connectivity index (χ0) is 23.2. The summed E-state index contributed by atoms with van der Waals surface area (Å²) < 4.78 is 27.2. The maximum Gasteiger partial charge on any atom is 0.241 e. The number of aromatic nitrogens is 4. The average Bonchev–Trinajstić information content (AvgIpc) is 3.59. The first-order valence-electron chi connectivity index (χ1n) is 11.9. The van der Waals surface area contributed by atoms with Crippen molar-refractivity contribution in [3.05, 3.63) is 41.9 Å². The fraction of sp³-hybridized carbons (Fsp3) is 0.500. The Labute approximate surface area is 196 Å². The van der Waals surface area contributed by atoms with Crippen LogP contribution in [0.2, 0.25) is 0 Å². The van der Waals surface area contributed by atoms with Gasteiger partial charge in [0.05, 0.1) is 42.9 Å². The number of carbonyl (C=O) groups excluding carboxylic acids is 1. The number of amides is 1. The van der Waals surface area contributed by atoms with Crippen molar-refractivity contribution in [2.24, 2.45) is 0 Å². The molecule has 3 aliphatic rings. The summed E-state index contributed by atoms with van der Waals surface area (Å²) in [5, 5.41) is 4.23. The van der Waals surface area contributed by atoms with Gasteiger partial charge in [-0.3, -0.25) is 14.3 Å². The Morgan fingerprint density at radius 2 is 1.97 bits per heavy atom. The molecule has 34 heavy (non-hydrogen) atoms. The maximum atomic E-state index is 14.3. The Balaban J connectivity index is 1.39. The van der Waals surface area contributed by atoms with Gasteiger partial charge in [0.25, 0.3) is 0 Å². The number of fused-ring (bicyclic) bond motifs is 3. The van der Waals surface area contributed by atoms with E-state index in [0.29, 0.717) is 61.0 Å². The van der Waals surface area contributed by atoms with Gasteiger partial charge in [0.15, 0.2) is 0 Å². The van der Waals surface area contributed by atoms with Crippen LogP contribution < -0.4 is 4.90 Å². The quantitative estimate of drug-likeness (QED) is 0.582. The zero-order valence-electron chi connectivity index (χ0n) is 19.1. The van der Waals surface area contributed by atoms with E-state index in [1.165, 1.54) is 25.0 Å². The number of carbonyl (C=O) groups is 1. The Morgan fingerprint density at radius 1 is 1.18 bits per heavy atom. The molecule has 0 radical (unpaired) electrons. The number of benzene rings is 1. The van der Waals surface area contributed by atoms with Crippen molar-refractivity contribution in [3.63, 3.8) is 0 Å². The van der Waals surface area contributed by atoms with Crippen LogP contribution in [-0.2, 0) is 9.53 Å². The molecule has 1 aliphatic carbocycles. The number of hydrogen-bond donors (Lipinski definition) is 0. The van der Waals surface area contributed by atoms with Crippen LogP contribution in [0, 0.1) is 5.82 Å². The molecule has 1 saturated carbocycles. The fourth-order valence-electron chi connectivity index (χ4n) is 5.39. The average molecular weight is 467 g/mol. The standard InChI is InChI=1S/C24H27FN6O3/c1-15-22-21(23-27-24(34-28-23)16-4-2-3-5-16)26-14-30(22)18-7-6-17(25)12-19(18)31(15)20(32)13-29-8-10-33-11-9-29/h6-7,12,14-16H,2-5,8-11,13H2,1H3/t15-/m1/s1. The zero-order valence-corrected chi connectivity index (χ0v) is 19.1. The first kappa shape index (κ1) is 21.4. The highest BCUT2D eigenvalue weighted by Crippen LogP contribution is 2.42. The molecule has 9 nitrogen and oxygen atoms in total. The molecule has 3 aromatic rings. The van der Waals surface area contributed by atoms with Gasteiger partial charge in [0, 0.05) is 19.0 Å². The van der Waals surface area contributed by atoms with E-state index in [1.54, 1.807) is 17.3 Å². The monoisotopic (exact) mass is 466 g/mol. The Hall–Kier alpha value is -3.11. The van der Waals surface area contributed by atoms with E-state index >= 15 is 0 Å². The molecule has 1 saturated heterocycles. The van der Waals surface area contributed by atoms with Gasteiger partial charge in [-0.15, -0.1) is 0 Å². The summed E-state index contributed by atoms with van der Waals surface area (Å²) in [4.78, 5) is 26.6. The molecule has 178 valence electrons. The van der Waals surface area contributed by atoms with Gasteiger partial charge in [-0.2, -0.15) is 4.98 Å². The second kappa shape index (κ2) is 8.59. The number of ether oxygens (including phenoxy) is 1. The first-order chi connectivity index (χ1) is 16.6. The molecular formula is C24H27FN6O3. The summed E-state index contributed by atoms with van der Waals surface area (Å²) >= 11 is 0. The highest BCUT2D eigenvalue weighted by Gasteiger charge is 2.37. The smallest absolute Gasteiger partial charge is 0.241 e. The number of anilines is 1. The van der Waals surface area contributed by atoms with Crippen LogP contribution >= 0.6 is 0 Å². The molecule has 1 aromatic carbocycles. The molecule has 0 unspecified atom stereocenters. The predicted molar refractivity (Wildman–Crippen MR) is 121 cm³/mol. The molecule has 2 fully saturated rings. The molecule has 4 heterocycles. The van der Waals surface area contributed by atoms with Crippen LogP contribution in [0.3, 0.4) is 0 Å². The first-order valence-corrected chi connectivity index (χ1v) is 11.9. The molecule has 1 atom stereocenters. The van der Waals surface area contributed by atoms with Crippen molar-refractivity contribution in [3.8, 4) is 17.2 Å². The molecule has 2 aromatic heterocycles. The Morgan fingerprint density at radius 3 is 2.76 bits per heavy atom. The number of hydrogen-bond acceptors (Lipinski definition) is 7. The van der Waals surface area contributed by atoms with Crippen molar-refractivity contribution < 1.29 is 18.4 Å². The van der Waals surface area contributed by atoms with Crippen LogP contribution in [-0.4, -0.2) is 63.3 Å². The molecule has 2 aliphatic heterocycles. The van der Waals surface area contributed by atoms with Gasteiger partial charge in [0.2, 0.25) is 17.6 Å². The van der Waals surface area contributed by atoms with Crippen molar-refractivity contribution in [1.29, 1.82) is 0 Å². The summed E-state index contributed by atoms with van der Waals surface area (Å²) in [6, 6.07) is 4.10. The number of morpholine rings is 1. The topological polar surface area (TPSA) is 89.5 Å². The van der Waals surface area contributed by atoms with Crippen molar-refractivity contribution in [2.45, 2.75) is 44.6 Å². The van der Waals surface area contributed by atoms with Crippen molar-refractivity contribution >= 4 is 11.6 Å². The fourth-order valence-corrected chi connectivity index (χ4v) is 5.39. The van der Waals surface area contributed by atoms with Gasteiger partial charge in [-0.1, -0.05) is 18.0 Å². The summed E-state index contributed by atoms with van der Waals surface area (Å²) in [5.74, 6) is 0.888. The molecule has 0 spiro atoms. The third-order valence-corrected chi connectivity index (χ3v) is 7.13. The van der Waals surface area contributed by atoms with Gasteiger partial charge in [0.1, 0.15) is 17.8 Å². The minimum absolute atomic E-state index is 0.0978. The Bertz CT molecular complexity index is 1210. The minimum atomic E-state index is -0.395. The third-order valence-electron chi connectivity index (χ3n) is 7.13. The van der Waals surface area contributed by atoms with Crippen molar-refractivity contribution in [2.75, 3.05) is 37.7 Å². The SMILES string of the molecule is C[C@@H]1c2c(-c3noc(C4CCCC4)n3)ncn2-c2ccc(F)cc2N1C(=O)CN1CCOCC1. The van der Waals surface area contributed by atoms with Crippen LogP contribution in [0.1, 0.15) is 56.2 Å². The van der Waals surface area contributed by atoms with Crippen LogP contribution in [0.5, 0.6) is 0 Å². The highest BCUT2D eigenvalue weighted by molar-refractivity contribution is 5.98. The van der Waals surface area contributed by atoms with Crippen LogP contribution in [0.15, 0.2) is 29.0 Å². The second-order valence-electron chi connectivity index (χ2n) is 9.25. The van der Waals surface area contributed by atoms with E-state index in [-0.39, 0.29) is 12.5 Å². The molecule has 6 rings (SSSR count). The van der Waals surface area contributed by atoms with Gasteiger partial charge in [-0.05, 0) is 38.0 Å². The lowest BCUT2D eigenvalue weighted by Crippen LogP contribution is -2.47. The summed E-state index contributed by atoms with van der Waals surface area (Å²) in [5.41, 5.74) is 2.60. The van der Waals surface area contributed by atoms with E-state index in [2.05, 4.69) is 20.0 Å². The van der Waals surface area contributed by atoms with E-state index in [0.717, 1.165) is 18.5 Å². The lowest BCUT2D eigenvalue weighted by atomic mass is 10.0. The van der Waals surface area contributed by atoms with E-state index in [9.17, 15) is 9.18 Å². The minimum Gasteiger partial charge on any atom is -0.379 e. The summed E-state index contributed by atoms with van der Waals surface area (Å²) in [6.07, 6.45) is 6.15. The third kappa shape index (κ3) is 3.61. The van der Waals surface area contributed by atoms with Crippen LogP contribution in [0.4, 0.5) is 10.1 Å². The number of nitrogens with zero attached hydrogens (tertiary/aromatic N) is 6. The molecule has 0 bridgehead atoms. The maximum absolute atomic E-state index is 14.3. The Kier molecular flexibility index (Phi) is 5.41. The van der Waals surface area contributed by atoms with E-state index in [1.807, 2.05) is 11.5 Å². The number of imidazole rings is 1. The highest BCUT2D eigenvalue weighted by atomic mass is 19.1.